The van der Waals surface area contributed by atoms with Gasteiger partial charge in [-0.3, -0.25) is 0 Å². The van der Waals surface area contributed by atoms with Gasteiger partial charge in [-0.1, -0.05) is 48.0 Å². The molecule has 28 heavy (non-hydrogen) atoms. The number of ether oxygens (including phenoxy) is 1. The molecule has 8 heteroatoms. The van der Waals surface area contributed by atoms with E-state index in [4.69, 9.17) is 37.9 Å². The zero-order valence-electron chi connectivity index (χ0n) is 15.8. The summed E-state index contributed by atoms with van der Waals surface area (Å²) in [7, 11) is 0. The largest absolute Gasteiger partial charge is 0.369 e. The molecule has 0 aliphatic carbocycles. The maximum Gasteiger partial charge on any atom is 0.189 e. The number of benzene rings is 1. The molecule has 1 atom stereocenters. The second kappa shape index (κ2) is 8.32. The first-order valence-corrected chi connectivity index (χ1v) is 12.8. The molecule has 0 bridgehead atoms. The topological polar surface area (TPSA) is 35.0 Å². The van der Waals surface area contributed by atoms with Crippen LogP contribution >= 0.6 is 58.1 Å². The van der Waals surface area contributed by atoms with Gasteiger partial charge in [0.25, 0.3) is 0 Å². The molecule has 0 spiro atoms. The fourth-order valence-corrected chi connectivity index (χ4v) is 6.70. The Bertz CT molecular complexity index is 1020. The van der Waals surface area contributed by atoms with E-state index in [1.807, 2.05) is 24.5 Å². The van der Waals surface area contributed by atoms with E-state index in [0.29, 0.717) is 22.4 Å². The minimum Gasteiger partial charge on any atom is -0.369 e. The predicted molar refractivity (Wildman–Crippen MR) is 122 cm³/mol. The van der Waals surface area contributed by atoms with Gasteiger partial charge in [-0.2, -0.15) is 0 Å². The Morgan fingerprint density at radius 1 is 1.25 bits per heavy atom. The molecule has 2 aromatic heterocycles. The third-order valence-electron chi connectivity index (χ3n) is 5.13. The molecule has 0 fully saturated rings. The van der Waals surface area contributed by atoms with Gasteiger partial charge in [0, 0.05) is 32.5 Å². The summed E-state index contributed by atoms with van der Waals surface area (Å²) in [5, 5.41) is 4.35. The molecule has 0 saturated heterocycles. The summed E-state index contributed by atoms with van der Waals surface area (Å²) in [6.07, 6.45) is 3.87. The van der Waals surface area contributed by atoms with Crippen LogP contribution in [0.5, 0.6) is 0 Å². The van der Waals surface area contributed by atoms with Crippen LogP contribution in [0.4, 0.5) is 0 Å². The Morgan fingerprint density at radius 2 is 2.00 bits per heavy atom. The smallest absolute Gasteiger partial charge is 0.189 e. The lowest BCUT2D eigenvalue weighted by Gasteiger charge is -2.33. The molecule has 3 heterocycles. The van der Waals surface area contributed by atoms with Crippen LogP contribution in [0.2, 0.25) is 10.0 Å². The summed E-state index contributed by atoms with van der Waals surface area (Å²) in [4.78, 5) is 11.9. The fraction of sp³-hybridized carbons (Fsp3) is 0.400. The SMILES string of the molecule is CCC1(C)Cc2c(sc3nc(SC)nc(SCc4c(Cl)cccc4Cl)c23)CO1. The quantitative estimate of drug-likeness (QED) is 0.222. The van der Waals surface area contributed by atoms with Crippen molar-refractivity contribution < 1.29 is 4.74 Å². The highest BCUT2D eigenvalue weighted by Crippen LogP contribution is 2.44. The third-order valence-corrected chi connectivity index (χ3v) is 8.49. The van der Waals surface area contributed by atoms with Crippen molar-refractivity contribution in [3.05, 3.63) is 44.2 Å². The Hall–Kier alpha value is -0.500. The number of halogens is 2. The maximum atomic E-state index is 6.37. The van der Waals surface area contributed by atoms with E-state index < -0.39 is 0 Å². The second-order valence-corrected chi connectivity index (χ2v) is 10.6. The van der Waals surface area contributed by atoms with Crippen molar-refractivity contribution >= 4 is 68.3 Å². The summed E-state index contributed by atoms with van der Waals surface area (Å²) in [5.41, 5.74) is 2.16. The minimum absolute atomic E-state index is 0.132. The molecule has 0 N–H and O–H groups in total. The molecular formula is C20H20Cl2N2OS3. The fourth-order valence-electron chi connectivity index (χ4n) is 3.25. The molecule has 1 aliphatic rings. The molecule has 1 aliphatic heterocycles. The summed E-state index contributed by atoms with van der Waals surface area (Å²) < 4.78 is 6.14. The van der Waals surface area contributed by atoms with E-state index in [0.717, 1.165) is 33.4 Å². The van der Waals surface area contributed by atoms with Crippen LogP contribution in [-0.4, -0.2) is 21.8 Å². The highest BCUT2D eigenvalue weighted by atomic mass is 35.5. The number of hydrogen-bond acceptors (Lipinski definition) is 6. The normalized spacial score (nSPS) is 19.2. The van der Waals surface area contributed by atoms with Crippen LogP contribution in [0.1, 0.15) is 36.3 Å². The first kappa shape index (κ1) is 20.8. The summed E-state index contributed by atoms with van der Waals surface area (Å²) >= 11 is 17.7. The van der Waals surface area contributed by atoms with Gasteiger partial charge < -0.3 is 4.74 Å². The monoisotopic (exact) mass is 470 g/mol. The van der Waals surface area contributed by atoms with E-state index in [2.05, 4.69) is 13.8 Å². The van der Waals surface area contributed by atoms with E-state index in [-0.39, 0.29) is 5.60 Å². The molecule has 0 amide bonds. The Morgan fingerprint density at radius 3 is 2.68 bits per heavy atom. The highest BCUT2D eigenvalue weighted by molar-refractivity contribution is 7.99. The van der Waals surface area contributed by atoms with Crippen molar-refractivity contribution in [3.8, 4) is 0 Å². The number of hydrogen-bond donors (Lipinski definition) is 0. The molecule has 148 valence electrons. The third kappa shape index (κ3) is 3.92. The van der Waals surface area contributed by atoms with Crippen LogP contribution in [-0.2, 0) is 23.5 Å². The second-order valence-electron chi connectivity index (χ2n) is 6.96. The zero-order valence-corrected chi connectivity index (χ0v) is 19.8. The average molecular weight is 472 g/mol. The Labute approximate surface area is 187 Å². The number of fused-ring (bicyclic) bond motifs is 3. The molecule has 0 saturated carbocycles. The van der Waals surface area contributed by atoms with Crippen LogP contribution in [0, 0.1) is 0 Å². The lowest BCUT2D eigenvalue weighted by Crippen LogP contribution is -2.33. The molecule has 3 nitrogen and oxygen atoms in total. The number of nitrogens with zero attached hydrogens (tertiary/aromatic N) is 2. The molecule has 0 radical (unpaired) electrons. The van der Waals surface area contributed by atoms with Crippen molar-refractivity contribution in [1.29, 1.82) is 0 Å². The van der Waals surface area contributed by atoms with E-state index in [9.17, 15) is 0 Å². The van der Waals surface area contributed by atoms with Crippen LogP contribution in [0.15, 0.2) is 28.4 Å². The van der Waals surface area contributed by atoms with Gasteiger partial charge in [-0.05, 0) is 42.9 Å². The average Bonchev–Trinajstić information content (AvgIpc) is 3.04. The number of thioether (sulfide) groups is 2. The number of aromatic nitrogens is 2. The van der Waals surface area contributed by atoms with E-state index in [1.165, 1.54) is 15.8 Å². The van der Waals surface area contributed by atoms with Crippen LogP contribution < -0.4 is 0 Å². The number of rotatable bonds is 5. The lowest BCUT2D eigenvalue weighted by atomic mass is 9.90. The minimum atomic E-state index is -0.132. The van der Waals surface area contributed by atoms with Gasteiger partial charge in [0.15, 0.2) is 5.16 Å². The Balaban J connectivity index is 1.77. The lowest BCUT2D eigenvalue weighted by molar-refractivity contribution is -0.0543. The first-order valence-electron chi connectivity index (χ1n) is 9.00. The van der Waals surface area contributed by atoms with Gasteiger partial charge >= 0.3 is 0 Å². The van der Waals surface area contributed by atoms with Gasteiger partial charge in [-0.25, -0.2) is 9.97 Å². The zero-order chi connectivity index (χ0) is 19.9. The Kier molecular flexibility index (Phi) is 6.17. The molecule has 1 unspecified atom stereocenters. The molecular weight excluding hydrogens is 451 g/mol. The van der Waals surface area contributed by atoms with Gasteiger partial charge in [0.05, 0.1) is 12.2 Å². The van der Waals surface area contributed by atoms with Crippen molar-refractivity contribution in [1.82, 2.24) is 9.97 Å². The van der Waals surface area contributed by atoms with Gasteiger partial charge in [0.2, 0.25) is 0 Å². The summed E-state index contributed by atoms with van der Waals surface area (Å²) in [5.74, 6) is 0.671. The number of thiophene rings is 1. The summed E-state index contributed by atoms with van der Waals surface area (Å²) in [6, 6.07) is 5.62. The predicted octanol–water partition coefficient (Wildman–Crippen LogP) is 7.25. The van der Waals surface area contributed by atoms with Crippen molar-refractivity contribution in [2.75, 3.05) is 6.26 Å². The molecule has 3 aromatic rings. The van der Waals surface area contributed by atoms with E-state index >= 15 is 0 Å². The standard InChI is InChI=1S/C20H20Cl2N2OS3/c1-4-20(2)8-11-15(9-25-20)28-18-16(11)17(23-19(24-18)26-3)27-10-12-13(21)6-5-7-14(12)22/h5-7H,4,8-10H2,1-3H3. The molecule has 4 rings (SSSR count). The highest BCUT2D eigenvalue weighted by Gasteiger charge is 2.33. The van der Waals surface area contributed by atoms with Crippen molar-refractivity contribution in [2.24, 2.45) is 0 Å². The van der Waals surface area contributed by atoms with Crippen molar-refractivity contribution in [2.45, 2.75) is 54.8 Å². The van der Waals surface area contributed by atoms with Crippen LogP contribution in [0.3, 0.4) is 0 Å². The first-order chi connectivity index (χ1) is 13.4. The maximum absolute atomic E-state index is 6.37. The molecule has 1 aromatic carbocycles. The van der Waals surface area contributed by atoms with Crippen molar-refractivity contribution in [3.63, 3.8) is 0 Å². The van der Waals surface area contributed by atoms with Gasteiger partial charge in [0.1, 0.15) is 9.86 Å². The van der Waals surface area contributed by atoms with Crippen LogP contribution in [0.25, 0.3) is 10.2 Å². The van der Waals surface area contributed by atoms with E-state index in [1.54, 1.807) is 34.9 Å². The summed E-state index contributed by atoms with van der Waals surface area (Å²) in [6.45, 7) is 5.01. The van der Waals surface area contributed by atoms with Gasteiger partial charge in [-0.15, -0.1) is 23.1 Å².